The van der Waals surface area contributed by atoms with Gasteiger partial charge in [0.25, 0.3) is 10.0 Å². The van der Waals surface area contributed by atoms with Gasteiger partial charge >= 0.3 is 0 Å². The molecule has 0 spiro atoms. The van der Waals surface area contributed by atoms with E-state index in [1.54, 1.807) is 37.3 Å². The highest BCUT2D eigenvalue weighted by Gasteiger charge is 2.34. The molecule has 0 aliphatic rings. The molecule has 2 amide bonds. The zero-order valence-corrected chi connectivity index (χ0v) is 25.9. The van der Waals surface area contributed by atoms with E-state index in [1.807, 2.05) is 13.8 Å². The van der Waals surface area contributed by atoms with Gasteiger partial charge in [-0.1, -0.05) is 79.8 Å². The van der Waals surface area contributed by atoms with E-state index in [0.717, 1.165) is 16.4 Å². The number of rotatable bonds is 12. The Labute approximate surface area is 255 Å². The van der Waals surface area contributed by atoms with Crippen molar-refractivity contribution in [2.45, 2.75) is 44.7 Å². The maximum Gasteiger partial charge on any atom is 0.264 e. The van der Waals surface area contributed by atoms with Crippen LogP contribution in [0.1, 0.15) is 32.8 Å². The zero-order chi connectivity index (χ0) is 30.3. The summed E-state index contributed by atoms with van der Waals surface area (Å²) in [5, 5.41) is 3.22. The largest absolute Gasteiger partial charge is 0.354 e. The Bertz CT molecular complexity index is 1490. The number of nitrogens with one attached hydrogen (secondary N) is 1. The van der Waals surface area contributed by atoms with Crippen LogP contribution in [-0.4, -0.2) is 44.3 Å². The van der Waals surface area contributed by atoms with E-state index in [1.165, 1.54) is 29.2 Å². The van der Waals surface area contributed by atoms with Gasteiger partial charge in [-0.05, 0) is 60.4 Å². The highest BCUT2D eigenvalue weighted by atomic mass is 35.5. The fraction of sp³-hybridized carbons (Fsp3) is 0.310. The lowest BCUT2D eigenvalue weighted by molar-refractivity contribution is -0.140. The first-order chi connectivity index (χ1) is 19.3. The molecular formula is C29H31Cl3FN3O4S. The third-order valence-corrected chi connectivity index (χ3v) is 8.89. The molecule has 3 rings (SSSR count). The van der Waals surface area contributed by atoms with Crippen LogP contribution in [0, 0.1) is 11.7 Å². The predicted octanol–water partition coefficient (Wildman–Crippen LogP) is 6.56. The first kappa shape index (κ1) is 32.7. The molecule has 0 aromatic heterocycles. The average molecular weight is 643 g/mol. The summed E-state index contributed by atoms with van der Waals surface area (Å²) in [7, 11) is -4.31. The topological polar surface area (TPSA) is 86.8 Å². The van der Waals surface area contributed by atoms with Crippen LogP contribution in [0.2, 0.25) is 15.1 Å². The van der Waals surface area contributed by atoms with Crippen molar-refractivity contribution >= 4 is 62.3 Å². The number of hydrogen-bond acceptors (Lipinski definition) is 4. The van der Waals surface area contributed by atoms with Crippen molar-refractivity contribution in [3.05, 3.63) is 93.2 Å². The van der Waals surface area contributed by atoms with Crippen LogP contribution in [0.15, 0.2) is 71.6 Å². The molecule has 1 N–H and O–H groups in total. The van der Waals surface area contributed by atoms with Gasteiger partial charge in [0, 0.05) is 23.1 Å². The SMILES string of the molecule is CC[C@@H](C(=O)NCC(C)C)N(Cc1ccc(Cl)cc1Cl)C(=O)CN(c1ccc(F)c(Cl)c1)S(=O)(=O)c1ccccc1. The summed E-state index contributed by atoms with van der Waals surface area (Å²) in [6, 6.07) is 14.7. The maximum atomic E-state index is 14.0. The van der Waals surface area contributed by atoms with Crippen molar-refractivity contribution in [3.8, 4) is 0 Å². The summed E-state index contributed by atoms with van der Waals surface area (Å²) in [6.45, 7) is 5.24. The second kappa shape index (κ2) is 14.4. The molecule has 0 heterocycles. The molecule has 0 aliphatic carbocycles. The molecule has 0 saturated carbocycles. The van der Waals surface area contributed by atoms with E-state index in [2.05, 4.69) is 5.32 Å². The quantitative estimate of drug-likeness (QED) is 0.243. The molecule has 0 bridgehead atoms. The van der Waals surface area contributed by atoms with Gasteiger partial charge in [-0.2, -0.15) is 0 Å². The van der Waals surface area contributed by atoms with Crippen LogP contribution in [0.3, 0.4) is 0 Å². The molecule has 220 valence electrons. The lowest BCUT2D eigenvalue weighted by atomic mass is 10.1. The molecule has 0 unspecified atom stereocenters. The normalized spacial score (nSPS) is 12.2. The lowest BCUT2D eigenvalue weighted by Gasteiger charge is -2.33. The minimum Gasteiger partial charge on any atom is -0.354 e. The van der Waals surface area contributed by atoms with Gasteiger partial charge in [-0.3, -0.25) is 13.9 Å². The Morgan fingerprint density at radius 2 is 1.63 bits per heavy atom. The molecule has 12 heteroatoms. The highest BCUT2D eigenvalue weighted by Crippen LogP contribution is 2.29. The fourth-order valence-corrected chi connectivity index (χ4v) is 6.13. The molecule has 3 aromatic carbocycles. The number of carbonyl (C=O) groups is 2. The summed E-state index contributed by atoms with van der Waals surface area (Å²) in [6.07, 6.45) is 0.245. The minimum atomic E-state index is -4.31. The fourth-order valence-electron chi connectivity index (χ4n) is 4.06. The summed E-state index contributed by atoms with van der Waals surface area (Å²) in [4.78, 5) is 28.5. The van der Waals surface area contributed by atoms with E-state index >= 15 is 0 Å². The Morgan fingerprint density at radius 1 is 0.951 bits per heavy atom. The third kappa shape index (κ3) is 8.35. The van der Waals surface area contributed by atoms with E-state index in [4.69, 9.17) is 34.8 Å². The molecule has 7 nitrogen and oxygen atoms in total. The van der Waals surface area contributed by atoms with Gasteiger partial charge in [0.2, 0.25) is 11.8 Å². The van der Waals surface area contributed by atoms with Gasteiger partial charge in [0.05, 0.1) is 15.6 Å². The molecule has 0 saturated heterocycles. The van der Waals surface area contributed by atoms with Crippen LogP contribution >= 0.6 is 34.8 Å². The molecule has 3 aromatic rings. The summed E-state index contributed by atoms with van der Waals surface area (Å²) >= 11 is 18.5. The van der Waals surface area contributed by atoms with E-state index in [0.29, 0.717) is 17.1 Å². The molecule has 0 aliphatic heterocycles. The number of nitrogens with zero attached hydrogens (tertiary/aromatic N) is 2. The van der Waals surface area contributed by atoms with Crippen LogP contribution in [0.4, 0.5) is 10.1 Å². The zero-order valence-electron chi connectivity index (χ0n) is 22.8. The van der Waals surface area contributed by atoms with Crippen LogP contribution in [0.25, 0.3) is 0 Å². The number of amides is 2. The number of hydrogen-bond donors (Lipinski definition) is 1. The Morgan fingerprint density at radius 3 is 2.22 bits per heavy atom. The minimum absolute atomic E-state index is 0.0182. The van der Waals surface area contributed by atoms with Gasteiger partial charge < -0.3 is 10.2 Å². The van der Waals surface area contributed by atoms with Crippen molar-refractivity contribution in [3.63, 3.8) is 0 Å². The monoisotopic (exact) mass is 641 g/mol. The lowest BCUT2D eigenvalue weighted by Crippen LogP contribution is -2.52. The van der Waals surface area contributed by atoms with E-state index in [9.17, 15) is 22.4 Å². The first-order valence-corrected chi connectivity index (χ1v) is 15.5. The van der Waals surface area contributed by atoms with Crippen LogP contribution < -0.4 is 9.62 Å². The van der Waals surface area contributed by atoms with E-state index in [-0.39, 0.29) is 45.4 Å². The van der Waals surface area contributed by atoms with Crippen molar-refractivity contribution in [2.24, 2.45) is 5.92 Å². The number of sulfonamides is 1. The van der Waals surface area contributed by atoms with Crippen molar-refractivity contribution in [2.75, 3.05) is 17.4 Å². The molecule has 1 atom stereocenters. The van der Waals surface area contributed by atoms with Crippen LogP contribution in [0.5, 0.6) is 0 Å². The van der Waals surface area contributed by atoms with E-state index < -0.39 is 34.3 Å². The molecular weight excluding hydrogens is 612 g/mol. The predicted molar refractivity (Wildman–Crippen MR) is 161 cm³/mol. The van der Waals surface area contributed by atoms with Gasteiger partial charge in [0.15, 0.2) is 0 Å². The number of anilines is 1. The smallest absolute Gasteiger partial charge is 0.264 e. The molecule has 0 fully saturated rings. The Balaban J connectivity index is 2.08. The second-order valence-electron chi connectivity index (χ2n) is 9.74. The van der Waals surface area contributed by atoms with Gasteiger partial charge in [-0.15, -0.1) is 0 Å². The van der Waals surface area contributed by atoms with Gasteiger partial charge in [0.1, 0.15) is 18.4 Å². The molecule has 0 radical (unpaired) electrons. The summed E-state index contributed by atoms with van der Waals surface area (Å²) in [5.41, 5.74) is 0.497. The summed E-state index contributed by atoms with van der Waals surface area (Å²) < 4.78 is 42.4. The van der Waals surface area contributed by atoms with Crippen molar-refractivity contribution < 1.29 is 22.4 Å². The standard InChI is InChI=1S/C29H31Cl3FN3O4S/c1-4-27(29(38)34-16-19(2)3)35(17-20-10-11-21(30)14-24(20)31)28(37)18-36(22-12-13-26(33)25(32)15-22)41(39,40)23-8-6-5-7-9-23/h5-15,19,27H,4,16-18H2,1-3H3,(H,34,38)/t27-/m0/s1. The Hall–Kier alpha value is -2.85. The highest BCUT2D eigenvalue weighted by molar-refractivity contribution is 7.92. The third-order valence-electron chi connectivity index (χ3n) is 6.23. The van der Waals surface area contributed by atoms with Crippen LogP contribution in [-0.2, 0) is 26.2 Å². The Kier molecular flexibility index (Phi) is 11.4. The first-order valence-electron chi connectivity index (χ1n) is 12.9. The van der Waals surface area contributed by atoms with Crippen molar-refractivity contribution in [1.29, 1.82) is 0 Å². The number of halogens is 4. The van der Waals surface area contributed by atoms with Gasteiger partial charge in [-0.25, -0.2) is 12.8 Å². The summed E-state index contributed by atoms with van der Waals surface area (Å²) in [5.74, 6) is -1.64. The van der Waals surface area contributed by atoms with Crippen molar-refractivity contribution in [1.82, 2.24) is 10.2 Å². The number of benzene rings is 3. The number of carbonyl (C=O) groups excluding carboxylic acids is 2. The molecule has 41 heavy (non-hydrogen) atoms. The second-order valence-corrected chi connectivity index (χ2v) is 12.9. The maximum absolute atomic E-state index is 14.0. The average Bonchev–Trinajstić information content (AvgIpc) is 2.93.